The first-order chi connectivity index (χ1) is 22.5. The van der Waals surface area contributed by atoms with E-state index in [4.69, 9.17) is 34.8 Å². The van der Waals surface area contributed by atoms with E-state index in [1.165, 1.54) is 12.1 Å². The predicted octanol–water partition coefficient (Wildman–Crippen LogP) is 8.16. The van der Waals surface area contributed by atoms with E-state index in [9.17, 15) is 57.9 Å². The summed E-state index contributed by atoms with van der Waals surface area (Å²) in [5, 5.41) is 2.21. The maximum Gasteiger partial charge on any atom is 0.497 e. The number of rotatable bonds is 11. The van der Waals surface area contributed by atoms with Crippen molar-refractivity contribution in [1.82, 2.24) is 0 Å². The molecule has 4 rings (SSSR count). The van der Waals surface area contributed by atoms with Gasteiger partial charge in [-0.2, -0.15) is 26.3 Å². The molecule has 3 aromatic carbocycles. The quantitative estimate of drug-likeness (QED) is 0.120. The van der Waals surface area contributed by atoms with Crippen molar-refractivity contribution < 1.29 is 62.3 Å². The fourth-order valence-corrected chi connectivity index (χ4v) is 6.70. The van der Waals surface area contributed by atoms with E-state index in [1.54, 1.807) is 0 Å². The van der Waals surface area contributed by atoms with Crippen LogP contribution in [0.4, 0.5) is 45.2 Å². The molecule has 0 spiro atoms. The second kappa shape index (κ2) is 13.8. The molecule has 6 nitrogen and oxygen atoms in total. The number of alkyl halides is 8. The van der Waals surface area contributed by atoms with Gasteiger partial charge in [-0.1, -0.05) is 23.7 Å². The molecule has 1 aliphatic rings. The topological polar surface area (TPSA) is 97.4 Å². The largest absolute Gasteiger partial charge is 0.497 e. The van der Waals surface area contributed by atoms with E-state index >= 15 is 4.39 Å². The Morgan fingerprint density at radius 1 is 0.857 bits per heavy atom. The van der Waals surface area contributed by atoms with Gasteiger partial charge in [-0.15, -0.1) is 23.2 Å². The van der Waals surface area contributed by atoms with Crippen molar-refractivity contribution in [3.05, 3.63) is 98.8 Å². The highest BCUT2D eigenvalue weighted by molar-refractivity contribution is 7.92. The first-order valence-corrected chi connectivity index (χ1v) is 16.4. The number of sulfone groups is 1. The van der Waals surface area contributed by atoms with Crippen LogP contribution in [0.2, 0.25) is 5.02 Å². The smallest absolute Gasteiger partial charge is 0.326 e. The zero-order valence-corrected chi connectivity index (χ0v) is 27.2. The van der Waals surface area contributed by atoms with Crippen molar-refractivity contribution in [3.63, 3.8) is 0 Å². The van der Waals surface area contributed by atoms with Crippen LogP contribution in [0.1, 0.15) is 45.0 Å². The van der Waals surface area contributed by atoms with E-state index in [0.717, 1.165) is 18.2 Å². The molecule has 49 heavy (non-hydrogen) atoms. The molecular formula is C30H19Cl3F9NO5S. The Kier molecular flexibility index (Phi) is 10.8. The average molecular weight is 783 g/mol. The zero-order valence-electron chi connectivity index (χ0n) is 24.1. The number of hydrogen-bond acceptors (Lipinski definition) is 5. The Balaban J connectivity index is 1.48. The Bertz CT molecular complexity index is 1950. The van der Waals surface area contributed by atoms with E-state index in [0.29, 0.717) is 18.2 Å². The minimum absolute atomic E-state index is 0.0812. The normalized spacial score (nSPS) is 17.5. The number of nitrogens with one attached hydrogen (secondary N) is 1. The molecule has 264 valence electrons. The lowest BCUT2D eigenvalue weighted by Crippen LogP contribution is -2.27. The first-order valence-electron chi connectivity index (χ1n) is 13.6. The molecule has 1 aliphatic carbocycles. The molecule has 0 heterocycles. The molecule has 0 aliphatic heterocycles. The second-order valence-electron chi connectivity index (χ2n) is 10.9. The molecule has 0 radical (unpaired) electrons. The third-order valence-electron chi connectivity index (χ3n) is 7.52. The molecular weight excluding hydrogens is 764 g/mol. The number of hydrogen-bond donors (Lipinski definition) is 1. The standard InChI is InChI=1S/C30H19Cl3F9NO5S/c31-20-4-3-15(43-27(46)25-24(28(25,32)33)13-1-6-22(35)19(9-13)29(37,38)39)11-17(20)23(45)10-14-2-5-21(34)18(26(14)36)12-16(44)7-8-49(47,48)30(40,41)42/h1-6,9,11,24-25H,7-8,10,12H2,(H,43,46)/t24-,25+/m0/s1. The van der Waals surface area contributed by atoms with E-state index in [2.05, 4.69) is 5.32 Å². The van der Waals surface area contributed by atoms with Crippen molar-refractivity contribution in [2.75, 3.05) is 11.1 Å². The van der Waals surface area contributed by atoms with Crippen molar-refractivity contribution in [3.8, 4) is 0 Å². The van der Waals surface area contributed by atoms with Crippen molar-refractivity contribution in [1.29, 1.82) is 0 Å². The Labute approximate surface area is 286 Å². The van der Waals surface area contributed by atoms with Gasteiger partial charge in [0.1, 0.15) is 27.6 Å². The van der Waals surface area contributed by atoms with Crippen LogP contribution in [0.5, 0.6) is 0 Å². The number of carbonyl (C=O) groups excluding carboxylic acids is 3. The summed E-state index contributed by atoms with van der Waals surface area (Å²) >= 11 is 18.5. The van der Waals surface area contributed by atoms with E-state index < -0.39 is 114 Å². The van der Waals surface area contributed by atoms with Gasteiger partial charge in [0, 0.05) is 42.0 Å². The summed E-state index contributed by atoms with van der Waals surface area (Å²) in [5.41, 5.74) is -9.13. The number of Topliss-reactive ketones (excluding diaryl/α,β-unsaturated/α-hetero) is 2. The molecule has 3 aromatic rings. The van der Waals surface area contributed by atoms with Gasteiger partial charge < -0.3 is 5.32 Å². The van der Waals surface area contributed by atoms with E-state index in [-0.39, 0.29) is 21.8 Å². The molecule has 1 amide bonds. The third kappa shape index (κ3) is 8.35. The molecule has 0 saturated heterocycles. The summed E-state index contributed by atoms with van der Waals surface area (Å²) in [6.07, 6.45) is -8.14. The minimum Gasteiger partial charge on any atom is -0.326 e. The maximum atomic E-state index is 15.2. The summed E-state index contributed by atoms with van der Waals surface area (Å²) in [6, 6.07) is 7.05. The average Bonchev–Trinajstić information content (AvgIpc) is 3.57. The van der Waals surface area contributed by atoms with Gasteiger partial charge in [0.25, 0.3) is 0 Å². The molecule has 19 heteroatoms. The summed E-state index contributed by atoms with van der Waals surface area (Å²) in [6.45, 7) is 0. The number of carbonyl (C=O) groups is 3. The van der Waals surface area contributed by atoms with Crippen molar-refractivity contribution >= 4 is 67.8 Å². The highest BCUT2D eigenvalue weighted by Crippen LogP contribution is 2.65. The molecule has 0 aromatic heterocycles. The van der Waals surface area contributed by atoms with Gasteiger partial charge in [-0.25, -0.2) is 21.6 Å². The van der Waals surface area contributed by atoms with Crippen LogP contribution in [0, 0.1) is 23.4 Å². The fourth-order valence-electron chi connectivity index (χ4n) is 4.92. The van der Waals surface area contributed by atoms with Crippen molar-refractivity contribution in [2.45, 2.75) is 41.2 Å². The molecule has 1 saturated carbocycles. The van der Waals surface area contributed by atoms with Crippen LogP contribution < -0.4 is 5.32 Å². The van der Waals surface area contributed by atoms with Gasteiger partial charge in [-0.05, 0) is 47.5 Å². The molecule has 1 N–H and O–H groups in total. The number of ketones is 2. The summed E-state index contributed by atoms with van der Waals surface area (Å²) < 4.78 is 141. The first kappa shape index (κ1) is 38.5. The highest BCUT2D eigenvalue weighted by Gasteiger charge is 2.67. The zero-order chi connectivity index (χ0) is 36.9. The molecule has 1 fully saturated rings. The maximum absolute atomic E-state index is 15.2. The summed E-state index contributed by atoms with van der Waals surface area (Å²) in [5.74, 6) is -11.4. The lowest BCUT2D eigenvalue weighted by Gasteiger charge is -2.12. The van der Waals surface area contributed by atoms with Gasteiger partial charge in [-0.3, -0.25) is 14.4 Å². The Morgan fingerprint density at radius 2 is 1.49 bits per heavy atom. The summed E-state index contributed by atoms with van der Waals surface area (Å²) in [7, 11) is -5.66. The molecule has 0 unspecified atom stereocenters. The van der Waals surface area contributed by atoms with Gasteiger partial charge >= 0.3 is 11.7 Å². The van der Waals surface area contributed by atoms with Crippen LogP contribution in [0.25, 0.3) is 0 Å². The van der Waals surface area contributed by atoms with Gasteiger partial charge in [0.15, 0.2) is 5.78 Å². The monoisotopic (exact) mass is 781 g/mol. The van der Waals surface area contributed by atoms with E-state index in [1.807, 2.05) is 0 Å². The Morgan fingerprint density at radius 3 is 2.10 bits per heavy atom. The number of halogens is 12. The number of benzene rings is 3. The predicted molar refractivity (Wildman–Crippen MR) is 160 cm³/mol. The molecule has 0 bridgehead atoms. The lowest BCUT2D eigenvalue weighted by molar-refractivity contribution is -0.140. The Hall–Kier alpha value is -3.34. The molecule has 2 atom stereocenters. The second-order valence-corrected chi connectivity index (χ2v) is 14.8. The lowest BCUT2D eigenvalue weighted by atomic mass is 9.97. The van der Waals surface area contributed by atoms with Crippen LogP contribution in [0.3, 0.4) is 0 Å². The highest BCUT2D eigenvalue weighted by atomic mass is 35.5. The third-order valence-corrected chi connectivity index (χ3v) is 10.2. The van der Waals surface area contributed by atoms with Crippen LogP contribution in [-0.4, -0.2) is 41.5 Å². The fraction of sp³-hybridized carbons (Fsp3) is 0.300. The number of amides is 1. The van der Waals surface area contributed by atoms with Crippen LogP contribution in [0.15, 0.2) is 48.5 Å². The minimum atomic E-state index is -5.66. The SMILES string of the molecule is O=C(CCS(=O)(=O)C(F)(F)F)Cc1c(F)ccc(CC(=O)c2cc(NC(=O)[C@H]3[C@H](c4ccc(F)c(C(F)(F)F)c4)C3(Cl)Cl)ccc2Cl)c1F. The van der Waals surface area contributed by atoms with Crippen molar-refractivity contribution in [2.24, 2.45) is 5.92 Å². The summed E-state index contributed by atoms with van der Waals surface area (Å²) in [4.78, 5) is 38.3. The van der Waals surface area contributed by atoms with Crippen LogP contribution >= 0.6 is 34.8 Å². The van der Waals surface area contributed by atoms with Gasteiger partial charge in [0.05, 0.1) is 22.3 Å². The van der Waals surface area contributed by atoms with Gasteiger partial charge in [0.2, 0.25) is 15.7 Å². The number of anilines is 1. The van der Waals surface area contributed by atoms with Crippen LogP contribution in [-0.2, 0) is 38.4 Å².